The average molecular weight is 151 g/mol. The van der Waals surface area contributed by atoms with Gasteiger partial charge in [-0.1, -0.05) is 31.9 Å². The summed E-state index contributed by atoms with van der Waals surface area (Å²) in [5, 5.41) is 0. The van der Waals surface area contributed by atoms with E-state index in [1.807, 2.05) is 0 Å². The Bertz CT molecular complexity index is 135. The molecule has 0 bridgehead atoms. The van der Waals surface area contributed by atoms with E-state index in [1.165, 1.54) is 25.8 Å². The number of nitrogens with zero attached hydrogens (tertiary/aromatic N) is 1. The zero-order valence-electron chi connectivity index (χ0n) is 7.29. The van der Waals surface area contributed by atoms with Gasteiger partial charge < -0.3 is 4.90 Å². The van der Waals surface area contributed by atoms with Gasteiger partial charge in [-0.05, 0) is 25.2 Å². The van der Waals surface area contributed by atoms with Crippen molar-refractivity contribution in [2.45, 2.75) is 32.6 Å². The zero-order valence-corrected chi connectivity index (χ0v) is 7.29. The van der Waals surface area contributed by atoms with E-state index < -0.39 is 0 Å². The third-order valence-corrected chi connectivity index (χ3v) is 1.89. The molecule has 0 saturated heterocycles. The highest BCUT2D eigenvalue weighted by atomic mass is 15.1. The molecule has 0 amide bonds. The molecule has 0 aromatic rings. The SMILES string of the molecule is CCCCCN1C=CCC=C1. The van der Waals surface area contributed by atoms with Crippen molar-refractivity contribution in [2.75, 3.05) is 6.54 Å². The molecule has 1 heteroatoms. The van der Waals surface area contributed by atoms with Crippen molar-refractivity contribution in [3.63, 3.8) is 0 Å². The summed E-state index contributed by atoms with van der Waals surface area (Å²) in [6, 6.07) is 0. The van der Waals surface area contributed by atoms with Crippen LogP contribution in [0.15, 0.2) is 24.6 Å². The van der Waals surface area contributed by atoms with E-state index in [4.69, 9.17) is 0 Å². The minimum absolute atomic E-state index is 1.10. The fourth-order valence-corrected chi connectivity index (χ4v) is 1.21. The Balaban J connectivity index is 2.10. The van der Waals surface area contributed by atoms with Crippen LogP contribution < -0.4 is 0 Å². The number of hydrogen-bond acceptors (Lipinski definition) is 1. The second kappa shape index (κ2) is 5.00. The van der Waals surface area contributed by atoms with Crippen molar-refractivity contribution >= 4 is 0 Å². The van der Waals surface area contributed by atoms with E-state index in [-0.39, 0.29) is 0 Å². The first-order valence-corrected chi connectivity index (χ1v) is 4.52. The van der Waals surface area contributed by atoms with Gasteiger partial charge in [-0.15, -0.1) is 0 Å². The van der Waals surface area contributed by atoms with E-state index in [2.05, 4.69) is 36.4 Å². The maximum Gasteiger partial charge on any atom is 0.0219 e. The zero-order chi connectivity index (χ0) is 7.94. The van der Waals surface area contributed by atoms with Crippen molar-refractivity contribution in [1.82, 2.24) is 4.90 Å². The van der Waals surface area contributed by atoms with Gasteiger partial charge in [0.1, 0.15) is 0 Å². The van der Waals surface area contributed by atoms with Crippen LogP contribution in [-0.2, 0) is 0 Å². The second-order valence-electron chi connectivity index (χ2n) is 2.95. The molecule has 1 nitrogen and oxygen atoms in total. The van der Waals surface area contributed by atoms with Gasteiger partial charge in [0, 0.05) is 6.54 Å². The molecule has 1 aliphatic rings. The minimum atomic E-state index is 1.10. The highest BCUT2D eigenvalue weighted by molar-refractivity contribution is 5.01. The predicted molar refractivity (Wildman–Crippen MR) is 49.1 cm³/mol. The largest absolute Gasteiger partial charge is 0.355 e. The summed E-state index contributed by atoms with van der Waals surface area (Å²) in [6.45, 7) is 3.42. The van der Waals surface area contributed by atoms with E-state index in [9.17, 15) is 0 Å². The van der Waals surface area contributed by atoms with E-state index in [0.717, 1.165) is 6.42 Å². The van der Waals surface area contributed by atoms with Gasteiger partial charge >= 0.3 is 0 Å². The van der Waals surface area contributed by atoms with E-state index >= 15 is 0 Å². The van der Waals surface area contributed by atoms with Gasteiger partial charge in [-0.25, -0.2) is 0 Å². The molecule has 1 rings (SSSR count). The van der Waals surface area contributed by atoms with Crippen molar-refractivity contribution in [2.24, 2.45) is 0 Å². The summed E-state index contributed by atoms with van der Waals surface area (Å²) < 4.78 is 0. The standard InChI is InChI=1S/C10H17N/c1-2-3-5-8-11-9-6-4-7-10-11/h6-7,9-10H,2-5,8H2,1H3. The quantitative estimate of drug-likeness (QED) is 0.558. The van der Waals surface area contributed by atoms with Crippen molar-refractivity contribution in [1.29, 1.82) is 0 Å². The third-order valence-electron chi connectivity index (χ3n) is 1.89. The number of unbranched alkanes of at least 4 members (excludes halogenated alkanes) is 2. The topological polar surface area (TPSA) is 3.24 Å². The number of hydrogen-bond donors (Lipinski definition) is 0. The molecule has 0 radical (unpaired) electrons. The molecular formula is C10H17N. The molecule has 0 aliphatic carbocycles. The highest BCUT2D eigenvalue weighted by Gasteiger charge is 1.95. The van der Waals surface area contributed by atoms with Gasteiger partial charge in [0.05, 0.1) is 0 Å². The van der Waals surface area contributed by atoms with Crippen LogP contribution >= 0.6 is 0 Å². The molecule has 0 saturated carbocycles. The number of allylic oxidation sites excluding steroid dienone is 2. The molecule has 62 valence electrons. The van der Waals surface area contributed by atoms with Crippen LogP contribution in [0, 0.1) is 0 Å². The van der Waals surface area contributed by atoms with Gasteiger partial charge in [0.15, 0.2) is 0 Å². The Morgan fingerprint density at radius 1 is 1.18 bits per heavy atom. The highest BCUT2D eigenvalue weighted by Crippen LogP contribution is 2.04. The van der Waals surface area contributed by atoms with Gasteiger partial charge in [0.2, 0.25) is 0 Å². The molecule has 0 fully saturated rings. The first-order chi connectivity index (χ1) is 5.43. The van der Waals surface area contributed by atoms with Crippen LogP contribution in [-0.4, -0.2) is 11.4 Å². The van der Waals surface area contributed by atoms with Crippen LogP contribution in [0.4, 0.5) is 0 Å². The average Bonchev–Trinajstić information content (AvgIpc) is 2.07. The molecule has 0 atom stereocenters. The second-order valence-corrected chi connectivity index (χ2v) is 2.95. The summed E-state index contributed by atoms with van der Waals surface area (Å²) in [5.74, 6) is 0. The van der Waals surface area contributed by atoms with Gasteiger partial charge in [0.25, 0.3) is 0 Å². The fraction of sp³-hybridized carbons (Fsp3) is 0.600. The lowest BCUT2D eigenvalue weighted by atomic mass is 10.2. The van der Waals surface area contributed by atoms with Crippen molar-refractivity contribution in [3.8, 4) is 0 Å². The maximum absolute atomic E-state index is 2.26. The Kier molecular flexibility index (Phi) is 3.81. The van der Waals surface area contributed by atoms with Crippen molar-refractivity contribution < 1.29 is 0 Å². The van der Waals surface area contributed by atoms with Crippen LogP contribution in [0.1, 0.15) is 32.6 Å². The molecular weight excluding hydrogens is 134 g/mol. The Hall–Kier alpha value is -0.720. The molecule has 1 heterocycles. The lowest BCUT2D eigenvalue weighted by molar-refractivity contribution is 0.469. The summed E-state index contributed by atoms with van der Waals surface area (Å²) >= 11 is 0. The molecule has 0 N–H and O–H groups in total. The van der Waals surface area contributed by atoms with Gasteiger partial charge in [-0.3, -0.25) is 0 Å². The Morgan fingerprint density at radius 2 is 1.91 bits per heavy atom. The van der Waals surface area contributed by atoms with Crippen molar-refractivity contribution in [3.05, 3.63) is 24.6 Å². The number of rotatable bonds is 4. The molecule has 0 aromatic heterocycles. The summed E-state index contributed by atoms with van der Waals surface area (Å²) in [7, 11) is 0. The van der Waals surface area contributed by atoms with E-state index in [1.54, 1.807) is 0 Å². The lowest BCUT2D eigenvalue weighted by Crippen LogP contribution is -2.12. The fourth-order valence-electron chi connectivity index (χ4n) is 1.21. The summed E-state index contributed by atoms with van der Waals surface area (Å²) in [4.78, 5) is 2.26. The Morgan fingerprint density at radius 3 is 2.55 bits per heavy atom. The minimum Gasteiger partial charge on any atom is -0.355 e. The summed E-state index contributed by atoms with van der Waals surface area (Å²) in [6.07, 6.45) is 13.8. The monoisotopic (exact) mass is 151 g/mol. The third kappa shape index (κ3) is 3.26. The van der Waals surface area contributed by atoms with E-state index in [0.29, 0.717) is 0 Å². The summed E-state index contributed by atoms with van der Waals surface area (Å²) in [5.41, 5.74) is 0. The first-order valence-electron chi connectivity index (χ1n) is 4.52. The van der Waals surface area contributed by atoms with Crippen LogP contribution in [0.25, 0.3) is 0 Å². The normalized spacial score (nSPS) is 15.9. The molecule has 0 unspecified atom stereocenters. The smallest absolute Gasteiger partial charge is 0.0219 e. The molecule has 0 aromatic carbocycles. The van der Waals surface area contributed by atoms with Crippen LogP contribution in [0.2, 0.25) is 0 Å². The maximum atomic E-state index is 2.26. The first kappa shape index (κ1) is 8.38. The van der Waals surface area contributed by atoms with Gasteiger partial charge in [-0.2, -0.15) is 0 Å². The molecule has 1 aliphatic heterocycles. The Labute approximate surface area is 69.4 Å². The molecule has 0 spiro atoms. The van der Waals surface area contributed by atoms with Crippen LogP contribution in [0.3, 0.4) is 0 Å². The lowest BCUT2D eigenvalue weighted by Gasteiger charge is -2.17. The molecule has 11 heavy (non-hydrogen) atoms. The predicted octanol–water partition coefficient (Wildman–Crippen LogP) is 2.91. The van der Waals surface area contributed by atoms with Crippen LogP contribution in [0.5, 0.6) is 0 Å².